The Balaban J connectivity index is 2.34. The van der Waals surface area contributed by atoms with Crippen LogP contribution in [0.2, 0.25) is 0 Å². The number of rotatable bonds is 6. The van der Waals surface area contributed by atoms with Gasteiger partial charge in [0.05, 0.1) is 0 Å². The minimum atomic E-state index is 0.360. The SMILES string of the molecule is CC(C)CNCC(C)(C)CN1CCN(C)CC1C. The summed E-state index contributed by atoms with van der Waals surface area (Å²) < 4.78 is 0. The molecule has 1 rings (SSSR count). The Morgan fingerprint density at radius 3 is 2.50 bits per heavy atom. The van der Waals surface area contributed by atoms with Crippen molar-refractivity contribution < 1.29 is 0 Å². The number of nitrogens with zero attached hydrogens (tertiary/aromatic N) is 2. The van der Waals surface area contributed by atoms with Crippen LogP contribution in [0.4, 0.5) is 0 Å². The highest BCUT2D eigenvalue weighted by Gasteiger charge is 2.27. The average molecular weight is 255 g/mol. The minimum Gasteiger partial charge on any atom is -0.316 e. The van der Waals surface area contributed by atoms with Crippen molar-refractivity contribution in [3.63, 3.8) is 0 Å². The molecule has 1 fully saturated rings. The minimum absolute atomic E-state index is 0.360. The Kier molecular flexibility index (Phi) is 6.09. The number of hydrogen-bond donors (Lipinski definition) is 1. The summed E-state index contributed by atoms with van der Waals surface area (Å²) in [5.41, 5.74) is 0.360. The second-order valence-corrected chi connectivity index (χ2v) is 7.27. The summed E-state index contributed by atoms with van der Waals surface area (Å²) in [4.78, 5) is 5.09. The molecule has 3 nitrogen and oxygen atoms in total. The predicted molar refractivity (Wildman–Crippen MR) is 80.0 cm³/mol. The Bertz CT molecular complexity index is 238. The standard InChI is InChI=1S/C15H33N3/c1-13(2)9-16-11-15(4,5)12-18-8-7-17(6)10-14(18)3/h13-14,16H,7-12H2,1-6H3. The largest absolute Gasteiger partial charge is 0.316 e. The van der Waals surface area contributed by atoms with Crippen molar-refractivity contribution in [1.29, 1.82) is 0 Å². The van der Waals surface area contributed by atoms with Crippen molar-refractivity contribution in [2.45, 2.75) is 40.7 Å². The van der Waals surface area contributed by atoms with Crippen LogP contribution in [0.3, 0.4) is 0 Å². The van der Waals surface area contributed by atoms with Crippen LogP contribution in [-0.2, 0) is 0 Å². The van der Waals surface area contributed by atoms with Gasteiger partial charge in [0.2, 0.25) is 0 Å². The third-order valence-electron chi connectivity index (χ3n) is 3.76. The Morgan fingerprint density at radius 2 is 1.94 bits per heavy atom. The maximum absolute atomic E-state index is 3.60. The van der Waals surface area contributed by atoms with Gasteiger partial charge in [0, 0.05) is 38.8 Å². The summed E-state index contributed by atoms with van der Waals surface area (Å²) in [6, 6.07) is 0.688. The molecule has 0 amide bonds. The van der Waals surface area contributed by atoms with E-state index in [-0.39, 0.29) is 0 Å². The lowest BCUT2D eigenvalue weighted by Crippen LogP contribution is -2.54. The van der Waals surface area contributed by atoms with Gasteiger partial charge in [0.25, 0.3) is 0 Å². The maximum Gasteiger partial charge on any atom is 0.0195 e. The van der Waals surface area contributed by atoms with Crippen LogP contribution in [0.25, 0.3) is 0 Å². The van der Waals surface area contributed by atoms with E-state index in [1.165, 1.54) is 26.2 Å². The van der Waals surface area contributed by atoms with E-state index in [0.717, 1.165) is 19.0 Å². The van der Waals surface area contributed by atoms with E-state index in [4.69, 9.17) is 0 Å². The van der Waals surface area contributed by atoms with Crippen molar-refractivity contribution in [3.8, 4) is 0 Å². The van der Waals surface area contributed by atoms with Crippen LogP contribution in [0.5, 0.6) is 0 Å². The molecule has 1 N–H and O–H groups in total. The van der Waals surface area contributed by atoms with Crippen LogP contribution >= 0.6 is 0 Å². The molecule has 1 heterocycles. The first-order chi connectivity index (χ1) is 8.30. The van der Waals surface area contributed by atoms with Gasteiger partial charge in [-0.1, -0.05) is 27.7 Å². The van der Waals surface area contributed by atoms with Crippen LogP contribution in [0.15, 0.2) is 0 Å². The zero-order valence-corrected chi connectivity index (χ0v) is 13.3. The summed E-state index contributed by atoms with van der Waals surface area (Å²) in [7, 11) is 2.23. The van der Waals surface area contributed by atoms with E-state index in [9.17, 15) is 0 Å². The van der Waals surface area contributed by atoms with Crippen LogP contribution in [-0.4, -0.2) is 62.2 Å². The van der Waals surface area contributed by atoms with Gasteiger partial charge in [-0.2, -0.15) is 0 Å². The molecule has 1 atom stereocenters. The number of likely N-dealkylation sites (N-methyl/N-ethyl adjacent to an activating group) is 1. The molecule has 1 aliphatic rings. The second kappa shape index (κ2) is 6.88. The lowest BCUT2D eigenvalue weighted by atomic mass is 9.91. The van der Waals surface area contributed by atoms with Gasteiger partial charge in [0.15, 0.2) is 0 Å². The molecule has 0 aromatic heterocycles. The van der Waals surface area contributed by atoms with Crippen molar-refractivity contribution >= 4 is 0 Å². The molecule has 0 spiro atoms. The van der Waals surface area contributed by atoms with Crippen LogP contribution in [0, 0.1) is 11.3 Å². The highest BCUT2D eigenvalue weighted by Crippen LogP contribution is 2.19. The molecule has 0 bridgehead atoms. The molecular formula is C15H33N3. The van der Waals surface area contributed by atoms with Crippen molar-refractivity contribution in [3.05, 3.63) is 0 Å². The number of piperazine rings is 1. The molecule has 108 valence electrons. The normalized spacial score (nSPS) is 23.8. The molecule has 0 radical (unpaired) electrons. The molecule has 0 aromatic rings. The Labute approximate surface area is 114 Å². The molecule has 3 heteroatoms. The van der Waals surface area contributed by atoms with Gasteiger partial charge < -0.3 is 10.2 Å². The van der Waals surface area contributed by atoms with Crippen LogP contribution < -0.4 is 5.32 Å². The van der Waals surface area contributed by atoms with Gasteiger partial charge in [-0.3, -0.25) is 4.90 Å². The first kappa shape index (κ1) is 15.9. The number of nitrogens with one attached hydrogen (secondary N) is 1. The molecule has 18 heavy (non-hydrogen) atoms. The summed E-state index contributed by atoms with van der Waals surface area (Å²) >= 11 is 0. The smallest absolute Gasteiger partial charge is 0.0195 e. The first-order valence-electron chi connectivity index (χ1n) is 7.43. The zero-order chi connectivity index (χ0) is 13.8. The van der Waals surface area contributed by atoms with Crippen molar-refractivity contribution in [1.82, 2.24) is 15.1 Å². The zero-order valence-electron chi connectivity index (χ0n) is 13.3. The topological polar surface area (TPSA) is 18.5 Å². The highest BCUT2D eigenvalue weighted by atomic mass is 15.3. The maximum atomic E-state index is 3.60. The second-order valence-electron chi connectivity index (χ2n) is 7.27. The number of hydrogen-bond acceptors (Lipinski definition) is 3. The summed E-state index contributed by atoms with van der Waals surface area (Å²) in [6.45, 7) is 18.7. The summed E-state index contributed by atoms with van der Waals surface area (Å²) in [5.74, 6) is 0.739. The van der Waals surface area contributed by atoms with Gasteiger partial charge in [-0.25, -0.2) is 0 Å². The van der Waals surface area contributed by atoms with E-state index >= 15 is 0 Å². The molecule has 0 saturated carbocycles. The lowest BCUT2D eigenvalue weighted by Gasteiger charge is -2.42. The van der Waals surface area contributed by atoms with E-state index in [1.54, 1.807) is 0 Å². The van der Waals surface area contributed by atoms with E-state index in [0.29, 0.717) is 11.5 Å². The van der Waals surface area contributed by atoms with Crippen LogP contribution in [0.1, 0.15) is 34.6 Å². The molecule has 1 saturated heterocycles. The molecule has 1 unspecified atom stereocenters. The summed E-state index contributed by atoms with van der Waals surface area (Å²) in [6.07, 6.45) is 0. The third kappa shape index (κ3) is 5.68. The fourth-order valence-electron chi connectivity index (χ4n) is 2.72. The fourth-order valence-corrected chi connectivity index (χ4v) is 2.72. The van der Waals surface area contributed by atoms with E-state index in [2.05, 4.69) is 56.8 Å². The average Bonchev–Trinajstić information content (AvgIpc) is 2.21. The van der Waals surface area contributed by atoms with Crippen molar-refractivity contribution in [2.24, 2.45) is 11.3 Å². The monoisotopic (exact) mass is 255 g/mol. The van der Waals surface area contributed by atoms with E-state index in [1.807, 2.05) is 0 Å². The molecule has 0 aliphatic carbocycles. The lowest BCUT2D eigenvalue weighted by molar-refractivity contribution is 0.0649. The van der Waals surface area contributed by atoms with Gasteiger partial charge in [0.1, 0.15) is 0 Å². The first-order valence-corrected chi connectivity index (χ1v) is 7.43. The Hall–Kier alpha value is -0.120. The summed E-state index contributed by atoms with van der Waals surface area (Å²) in [5, 5.41) is 3.60. The Morgan fingerprint density at radius 1 is 1.28 bits per heavy atom. The van der Waals surface area contributed by atoms with Crippen molar-refractivity contribution in [2.75, 3.05) is 46.3 Å². The molecule has 0 aromatic carbocycles. The van der Waals surface area contributed by atoms with E-state index < -0.39 is 0 Å². The van der Waals surface area contributed by atoms with Gasteiger partial charge >= 0.3 is 0 Å². The fraction of sp³-hybridized carbons (Fsp3) is 1.00. The molecular weight excluding hydrogens is 222 g/mol. The van der Waals surface area contributed by atoms with Gasteiger partial charge in [-0.15, -0.1) is 0 Å². The predicted octanol–water partition coefficient (Wildman–Crippen LogP) is 1.89. The quantitative estimate of drug-likeness (QED) is 0.782. The highest BCUT2D eigenvalue weighted by molar-refractivity contribution is 4.83. The molecule has 1 aliphatic heterocycles. The van der Waals surface area contributed by atoms with Gasteiger partial charge in [-0.05, 0) is 31.8 Å². The third-order valence-corrected chi connectivity index (χ3v) is 3.76.